The molecular weight excluding hydrogens is 1190 g/mol. The fraction of sp³-hybridized carbons (Fsp3) is 0.586. The Morgan fingerprint density at radius 2 is 1.18 bits per heavy atom. The fourth-order valence-corrected chi connectivity index (χ4v) is 10.6. The number of urea groups is 2. The number of aryl methyl sites for hydroxylation is 2. The number of amides is 4. The van der Waals surface area contributed by atoms with E-state index in [4.69, 9.17) is 28.9 Å². The summed E-state index contributed by atoms with van der Waals surface area (Å²) in [6, 6.07) is 19.1. The van der Waals surface area contributed by atoms with Gasteiger partial charge in [-0.2, -0.15) is 26.7 Å². The molecule has 5 aliphatic heterocycles. The molecule has 0 radical (unpaired) electrons. The number of anilines is 6. The molecular formula is C58H85BF3IN10O8S. The second kappa shape index (κ2) is 29.8. The Kier molecular flexibility index (Phi) is 24.1. The number of nitrogens with zero attached hydrogens (tertiary/aromatic N) is 6. The van der Waals surface area contributed by atoms with E-state index in [9.17, 15) is 27.9 Å². The highest BCUT2D eigenvalue weighted by atomic mass is 127. The molecule has 5 aliphatic rings. The molecule has 4 aromatic rings. The van der Waals surface area contributed by atoms with E-state index in [1.165, 1.54) is 4.90 Å². The van der Waals surface area contributed by atoms with E-state index in [1.54, 1.807) is 12.1 Å². The van der Waals surface area contributed by atoms with Gasteiger partial charge in [-0.15, -0.1) is 0 Å². The lowest BCUT2D eigenvalue weighted by Gasteiger charge is -2.32. The van der Waals surface area contributed by atoms with Gasteiger partial charge < -0.3 is 69.9 Å². The van der Waals surface area contributed by atoms with Crippen LogP contribution in [0.3, 0.4) is 0 Å². The molecule has 9 rings (SSSR count). The third kappa shape index (κ3) is 18.6. The Morgan fingerprint density at radius 3 is 1.68 bits per heavy atom. The Hall–Kier alpha value is -4.83. The predicted octanol–water partition coefficient (Wildman–Crippen LogP) is 9.48. The van der Waals surface area contributed by atoms with Crippen LogP contribution in [0.15, 0.2) is 60.7 Å². The number of hydrogen-bond donors (Lipinski definition) is 6. The first-order valence-electron chi connectivity index (χ1n) is 28.3. The molecule has 0 unspecified atom stereocenters. The summed E-state index contributed by atoms with van der Waals surface area (Å²) < 4.78 is 61.9. The van der Waals surface area contributed by atoms with Gasteiger partial charge in [-0.25, -0.2) is 19.6 Å². The van der Waals surface area contributed by atoms with Gasteiger partial charge in [0.1, 0.15) is 23.3 Å². The van der Waals surface area contributed by atoms with Crippen molar-refractivity contribution < 1.29 is 51.8 Å². The van der Waals surface area contributed by atoms with Crippen molar-refractivity contribution in [2.45, 2.75) is 117 Å². The fourth-order valence-electron chi connectivity index (χ4n) is 10.0. The summed E-state index contributed by atoms with van der Waals surface area (Å²) in [4.78, 5) is 42.5. The first kappa shape index (κ1) is 66.3. The second-order valence-electron chi connectivity index (χ2n) is 22.8. The van der Waals surface area contributed by atoms with E-state index in [-0.39, 0.29) is 51.4 Å². The maximum absolute atomic E-state index is 12.8. The molecule has 24 heteroatoms. The summed E-state index contributed by atoms with van der Waals surface area (Å²) in [6.07, 6.45) is -2.51. The zero-order valence-corrected chi connectivity index (χ0v) is 52.1. The number of nitrogens with one attached hydrogen (secondary N) is 4. The minimum absolute atomic E-state index is 0. The molecule has 2 aromatic heterocycles. The third-order valence-corrected chi connectivity index (χ3v) is 16.3. The number of alkyl halides is 3. The van der Waals surface area contributed by atoms with Crippen molar-refractivity contribution in [3.63, 3.8) is 0 Å². The van der Waals surface area contributed by atoms with Crippen LogP contribution in [0.25, 0.3) is 11.1 Å². The highest BCUT2D eigenvalue weighted by Crippen LogP contribution is 2.38. The van der Waals surface area contributed by atoms with Crippen LogP contribution in [0.1, 0.15) is 85.3 Å². The molecule has 452 valence electrons. The van der Waals surface area contributed by atoms with Crippen molar-refractivity contribution in [1.82, 2.24) is 19.8 Å². The Morgan fingerprint density at radius 1 is 0.707 bits per heavy atom. The van der Waals surface area contributed by atoms with Crippen molar-refractivity contribution in [3.8, 4) is 11.1 Å². The zero-order chi connectivity index (χ0) is 58.6. The number of benzene rings is 2. The summed E-state index contributed by atoms with van der Waals surface area (Å²) in [5.74, 6) is 3.44. The molecule has 5 fully saturated rings. The lowest BCUT2D eigenvalue weighted by Crippen LogP contribution is -2.41. The SMILES string of the molecule is CC[C@@H]1CCN(C(=O)Nc2ccc(C)c(-c3cc(N[C@@H](C)CO)nc(N4CCOCC4)c3)c2)C1.C[C@@H](CO)Nc1cc(I)cc(N2CCOCC2)n1.Cc1ccc(NC(=O)N2CC[C@@H](CC(F)(F)F)C2)cc1B1OC(C)(C)C(C)(C)O1.S. The van der Waals surface area contributed by atoms with E-state index in [0.717, 1.165) is 126 Å². The molecule has 7 heterocycles. The number of aliphatic hydroxyl groups is 2. The molecule has 4 amide bonds. The van der Waals surface area contributed by atoms with Gasteiger partial charge in [0.05, 0.1) is 50.8 Å². The summed E-state index contributed by atoms with van der Waals surface area (Å²) in [7, 11) is -0.556. The number of ether oxygens (including phenoxy) is 2. The van der Waals surface area contributed by atoms with E-state index >= 15 is 0 Å². The number of likely N-dealkylation sites (tertiary alicyclic amines) is 2. The highest BCUT2D eigenvalue weighted by Gasteiger charge is 2.52. The molecule has 18 nitrogen and oxygen atoms in total. The van der Waals surface area contributed by atoms with E-state index < -0.39 is 42.9 Å². The number of pyridine rings is 2. The number of halogens is 4. The molecule has 0 saturated carbocycles. The van der Waals surface area contributed by atoms with Crippen LogP contribution in [0.5, 0.6) is 0 Å². The molecule has 4 atom stereocenters. The van der Waals surface area contributed by atoms with Crippen LogP contribution in [0.2, 0.25) is 0 Å². The Labute approximate surface area is 503 Å². The van der Waals surface area contributed by atoms with Crippen molar-refractivity contribution in [3.05, 3.63) is 75.4 Å². The van der Waals surface area contributed by atoms with Crippen molar-refractivity contribution in [2.75, 3.05) is 123 Å². The van der Waals surface area contributed by atoms with Crippen molar-refractivity contribution in [2.24, 2.45) is 11.8 Å². The topological polar surface area (TPSA) is 198 Å². The molecule has 5 saturated heterocycles. The number of carbonyl (C=O) groups is 2. The molecule has 2 aromatic carbocycles. The van der Waals surface area contributed by atoms with Crippen LogP contribution >= 0.6 is 36.1 Å². The molecule has 0 spiro atoms. The van der Waals surface area contributed by atoms with Crippen LogP contribution in [-0.4, -0.2) is 171 Å². The van der Waals surface area contributed by atoms with Crippen LogP contribution < -0.4 is 36.5 Å². The van der Waals surface area contributed by atoms with E-state index in [1.807, 2.05) is 89.8 Å². The monoisotopic (exact) mass is 1280 g/mol. The van der Waals surface area contributed by atoms with Gasteiger partial charge in [0.2, 0.25) is 0 Å². The van der Waals surface area contributed by atoms with Gasteiger partial charge in [-0.3, -0.25) is 0 Å². The van der Waals surface area contributed by atoms with Gasteiger partial charge >= 0.3 is 25.4 Å². The van der Waals surface area contributed by atoms with Gasteiger partial charge in [0.25, 0.3) is 0 Å². The lowest BCUT2D eigenvalue weighted by molar-refractivity contribution is -0.143. The molecule has 0 bridgehead atoms. The average molecular weight is 1280 g/mol. The second-order valence-corrected chi connectivity index (χ2v) is 24.0. The number of morpholine rings is 2. The Balaban J connectivity index is 0.000000205. The third-order valence-electron chi connectivity index (χ3n) is 15.7. The zero-order valence-electron chi connectivity index (χ0n) is 48.9. The largest absolute Gasteiger partial charge is 0.495 e. The molecule has 0 aliphatic carbocycles. The average Bonchev–Trinajstić information content (AvgIpc) is 4.18. The summed E-state index contributed by atoms with van der Waals surface area (Å²) in [5, 5.41) is 31.0. The number of aliphatic hydroxyl groups excluding tert-OH is 2. The van der Waals surface area contributed by atoms with Crippen LogP contribution in [0, 0.1) is 29.3 Å². The number of rotatable bonds is 14. The van der Waals surface area contributed by atoms with E-state index in [2.05, 4.69) is 84.6 Å². The lowest BCUT2D eigenvalue weighted by atomic mass is 9.76. The summed E-state index contributed by atoms with van der Waals surface area (Å²) in [5.41, 5.74) is 5.35. The Bertz CT molecular complexity index is 2730. The summed E-state index contributed by atoms with van der Waals surface area (Å²) in [6.45, 7) is 26.3. The van der Waals surface area contributed by atoms with Gasteiger partial charge in [-0.05, 0) is 173 Å². The predicted molar refractivity (Wildman–Crippen MR) is 333 cm³/mol. The minimum atomic E-state index is -4.20. The van der Waals surface area contributed by atoms with Crippen LogP contribution in [-0.2, 0) is 18.8 Å². The minimum Gasteiger partial charge on any atom is -0.399 e. The van der Waals surface area contributed by atoms with Gasteiger partial charge in [-0.1, -0.05) is 31.0 Å². The summed E-state index contributed by atoms with van der Waals surface area (Å²) >= 11 is 2.29. The molecule has 6 N–H and O–H groups in total. The van der Waals surface area contributed by atoms with Crippen LogP contribution in [0.4, 0.5) is 57.4 Å². The normalized spacial score (nSPS) is 20.2. The van der Waals surface area contributed by atoms with Crippen molar-refractivity contribution >= 4 is 95.4 Å². The maximum atomic E-state index is 12.8. The number of carbonyl (C=O) groups excluding carboxylic acids is 2. The highest BCUT2D eigenvalue weighted by molar-refractivity contribution is 14.1. The standard InChI is InChI=1S/C26H37N5O3.C20H28BF3N2O3.C12H18IN3O2.H2S/c1-4-20-7-8-31(16-20)26(33)28-22-6-5-18(2)23(15-22)21-13-24(27-19(3)17-32)29-25(14-21)30-9-11-34-12-10-30;1-13-6-7-15(10-16(13)21-28-18(2,3)19(4,5)29-21)25-17(27)26-9-8-14(12-26)11-20(22,23)24;1-9(8-17)14-11-6-10(13)7-12(15-11)16-2-4-18-5-3-16;/h5-6,13-15,19-20,32H,4,7-12,16-17H2,1-3H3,(H,27,29)(H,28,33);6-7,10,14H,8-9,11-12H2,1-5H3,(H,25,27);6-7,9,17H,2-5,8H2,1H3,(H,14,15);1H2/t19-,20+;14-;9-;/m000./s1. The van der Waals surface area contributed by atoms with E-state index in [0.29, 0.717) is 37.8 Å². The quantitative estimate of drug-likeness (QED) is 0.0516. The maximum Gasteiger partial charge on any atom is 0.495 e. The number of hydrogen-bond acceptors (Lipinski definition) is 14. The first-order chi connectivity index (χ1) is 38.4. The first-order valence-corrected chi connectivity index (χ1v) is 29.4. The van der Waals surface area contributed by atoms with Gasteiger partial charge in [0, 0.05) is 85.8 Å². The number of aromatic nitrogens is 2. The molecule has 82 heavy (non-hydrogen) atoms. The van der Waals surface area contributed by atoms with Crippen molar-refractivity contribution in [1.29, 1.82) is 0 Å². The van der Waals surface area contributed by atoms with Gasteiger partial charge in [0.15, 0.2) is 0 Å². The smallest absolute Gasteiger partial charge is 0.399 e.